The number of alkyl halides is 3. The molecule has 1 heterocycles. The van der Waals surface area contributed by atoms with Crippen molar-refractivity contribution in [2.75, 3.05) is 6.61 Å². The van der Waals surface area contributed by atoms with Gasteiger partial charge in [-0.05, 0) is 71.6 Å². The van der Waals surface area contributed by atoms with Crippen LogP contribution in [0.2, 0.25) is 0 Å². The summed E-state index contributed by atoms with van der Waals surface area (Å²) in [7, 11) is 0. The number of halogens is 3. The number of hydrogen-bond donors (Lipinski definition) is 0. The lowest BCUT2D eigenvalue weighted by Gasteiger charge is -2.19. The quantitative estimate of drug-likeness (QED) is 0.384. The molecule has 1 aromatic heterocycles. The summed E-state index contributed by atoms with van der Waals surface area (Å²) in [6.07, 6.45) is -0.392. The summed E-state index contributed by atoms with van der Waals surface area (Å²) in [5.74, 6) is 0.577. The Balaban J connectivity index is 1.18. The number of benzene rings is 2. The minimum Gasteiger partial charge on any atom is -0.473 e. The van der Waals surface area contributed by atoms with E-state index >= 15 is 0 Å². The molecule has 4 nitrogen and oxygen atoms in total. The zero-order valence-corrected chi connectivity index (χ0v) is 19.8. The van der Waals surface area contributed by atoms with Crippen LogP contribution in [0, 0.1) is 11.8 Å². The Labute approximate surface area is 207 Å². The van der Waals surface area contributed by atoms with E-state index in [1.54, 1.807) is 12.1 Å². The maximum absolute atomic E-state index is 13.6. The molecule has 0 amide bonds. The molecule has 0 spiro atoms. The number of nitrogens with zero attached hydrogens (tertiary/aromatic N) is 1. The Kier molecular flexibility index (Phi) is 5.54. The lowest BCUT2D eigenvalue weighted by Crippen LogP contribution is -2.11. The summed E-state index contributed by atoms with van der Waals surface area (Å²) >= 11 is 0. The summed E-state index contributed by atoms with van der Waals surface area (Å²) in [6.45, 7) is 2.52. The molecule has 6 rings (SSSR count). The maximum Gasteiger partial charge on any atom is 0.416 e. The van der Waals surface area contributed by atoms with Gasteiger partial charge in [0.2, 0.25) is 5.88 Å². The maximum atomic E-state index is 13.6. The topological polar surface area (TPSA) is 48.4 Å². The SMILES string of the molecule is CCOC(=O)[C@H]1[C@@H]2Cc3cc(OCc4cccc5c4CCC5c4ccccc4C(F)(F)F)ncc3[C@@H]21. The predicted octanol–water partition coefficient (Wildman–Crippen LogP) is 6.21. The van der Waals surface area contributed by atoms with Gasteiger partial charge in [0, 0.05) is 24.1 Å². The van der Waals surface area contributed by atoms with Crippen LogP contribution in [0.15, 0.2) is 54.7 Å². The van der Waals surface area contributed by atoms with Crippen LogP contribution < -0.4 is 4.74 Å². The van der Waals surface area contributed by atoms with E-state index in [4.69, 9.17) is 9.47 Å². The zero-order chi connectivity index (χ0) is 25.0. The predicted molar refractivity (Wildman–Crippen MR) is 127 cm³/mol. The first-order valence-corrected chi connectivity index (χ1v) is 12.4. The third-order valence-electron chi connectivity index (χ3n) is 7.93. The van der Waals surface area contributed by atoms with Gasteiger partial charge in [-0.1, -0.05) is 36.4 Å². The fraction of sp³-hybridized carbons (Fsp3) is 0.379. The summed E-state index contributed by atoms with van der Waals surface area (Å²) in [5.41, 5.74) is 5.04. The normalized spacial score (nSPS) is 23.6. The Morgan fingerprint density at radius 2 is 1.89 bits per heavy atom. The fourth-order valence-corrected chi connectivity index (χ4v) is 6.31. The highest BCUT2D eigenvalue weighted by Gasteiger charge is 2.60. The molecule has 36 heavy (non-hydrogen) atoms. The van der Waals surface area contributed by atoms with Gasteiger partial charge in [0.25, 0.3) is 0 Å². The number of hydrogen-bond acceptors (Lipinski definition) is 4. The third-order valence-corrected chi connectivity index (χ3v) is 7.93. The number of aromatic nitrogens is 1. The molecule has 2 aromatic carbocycles. The first kappa shape index (κ1) is 23.1. The smallest absolute Gasteiger partial charge is 0.416 e. The van der Waals surface area contributed by atoms with Gasteiger partial charge < -0.3 is 9.47 Å². The van der Waals surface area contributed by atoms with Crippen LogP contribution in [0.1, 0.15) is 64.1 Å². The lowest BCUT2D eigenvalue weighted by molar-refractivity contribution is -0.145. The molecular weight excluding hydrogens is 467 g/mol. The average Bonchev–Trinajstić information content (AvgIpc) is 3.20. The van der Waals surface area contributed by atoms with Gasteiger partial charge in [-0.3, -0.25) is 4.79 Å². The largest absolute Gasteiger partial charge is 0.473 e. The van der Waals surface area contributed by atoms with Crippen molar-refractivity contribution in [2.45, 2.75) is 50.8 Å². The van der Waals surface area contributed by atoms with Gasteiger partial charge in [0.05, 0.1) is 18.1 Å². The molecule has 0 N–H and O–H groups in total. The second-order valence-corrected chi connectivity index (χ2v) is 9.84. The van der Waals surface area contributed by atoms with Crippen molar-refractivity contribution >= 4 is 5.97 Å². The van der Waals surface area contributed by atoms with Gasteiger partial charge in [0.1, 0.15) is 6.61 Å². The van der Waals surface area contributed by atoms with Crippen molar-refractivity contribution in [3.8, 4) is 5.88 Å². The van der Waals surface area contributed by atoms with E-state index < -0.39 is 11.7 Å². The highest BCUT2D eigenvalue weighted by molar-refractivity contribution is 5.79. The monoisotopic (exact) mass is 493 g/mol. The number of esters is 1. The van der Waals surface area contributed by atoms with Crippen molar-refractivity contribution in [3.05, 3.63) is 93.7 Å². The summed E-state index contributed by atoms with van der Waals surface area (Å²) in [4.78, 5) is 16.6. The average molecular weight is 494 g/mol. The van der Waals surface area contributed by atoms with Gasteiger partial charge in [0.15, 0.2) is 0 Å². The second kappa shape index (κ2) is 8.64. The van der Waals surface area contributed by atoms with Crippen LogP contribution in [0.3, 0.4) is 0 Å². The minimum absolute atomic E-state index is 0.0478. The van der Waals surface area contributed by atoms with E-state index in [9.17, 15) is 18.0 Å². The molecule has 3 aromatic rings. The third kappa shape index (κ3) is 3.85. The first-order valence-electron chi connectivity index (χ1n) is 12.4. The molecule has 3 aliphatic rings. The molecule has 186 valence electrons. The number of pyridine rings is 1. The molecule has 0 aliphatic heterocycles. The van der Waals surface area contributed by atoms with Gasteiger partial charge in [-0.25, -0.2) is 4.98 Å². The highest BCUT2D eigenvalue weighted by Crippen LogP contribution is 2.61. The lowest BCUT2D eigenvalue weighted by atomic mass is 9.88. The van der Waals surface area contributed by atoms with Crippen molar-refractivity contribution in [1.82, 2.24) is 4.98 Å². The summed E-state index contributed by atoms with van der Waals surface area (Å²) in [6, 6.07) is 13.6. The molecule has 1 fully saturated rings. The van der Waals surface area contributed by atoms with E-state index in [-0.39, 0.29) is 23.7 Å². The highest BCUT2D eigenvalue weighted by atomic mass is 19.4. The van der Waals surface area contributed by atoms with Crippen molar-refractivity contribution in [2.24, 2.45) is 11.8 Å². The number of fused-ring (bicyclic) bond motifs is 4. The Bertz CT molecular complexity index is 1340. The van der Waals surface area contributed by atoms with E-state index in [0.29, 0.717) is 43.4 Å². The Hall–Kier alpha value is -3.35. The van der Waals surface area contributed by atoms with Gasteiger partial charge in [-0.2, -0.15) is 13.2 Å². The van der Waals surface area contributed by atoms with Crippen LogP contribution >= 0.6 is 0 Å². The molecular formula is C29H26F3NO3. The summed E-state index contributed by atoms with van der Waals surface area (Å²) in [5, 5.41) is 0. The number of carbonyl (C=O) groups excluding carboxylic acids is 1. The van der Waals surface area contributed by atoms with Gasteiger partial charge >= 0.3 is 12.1 Å². The van der Waals surface area contributed by atoms with Crippen LogP contribution in [0.5, 0.6) is 5.88 Å². The second-order valence-electron chi connectivity index (χ2n) is 9.84. The minimum atomic E-state index is -4.38. The number of rotatable bonds is 6. The molecule has 7 heteroatoms. The molecule has 0 bridgehead atoms. The van der Waals surface area contributed by atoms with E-state index in [1.165, 1.54) is 12.1 Å². The van der Waals surface area contributed by atoms with Crippen LogP contribution in [0.25, 0.3) is 0 Å². The van der Waals surface area contributed by atoms with Crippen LogP contribution in [-0.4, -0.2) is 17.6 Å². The Morgan fingerprint density at radius 1 is 1.08 bits per heavy atom. The molecule has 0 radical (unpaired) electrons. The fourth-order valence-electron chi connectivity index (χ4n) is 6.31. The van der Waals surface area contributed by atoms with E-state index in [1.807, 2.05) is 37.4 Å². The van der Waals surface area contributed by atoms with Gasteiger partial charge in [-0.15, -0.1) is 0 Å². The molecule has 1 saturated carbocycles. The van der Waals surface area contributed by atoms with Crippen molar-refractivity contribution in [3.63, 3.8) is 0 Å². The number of ether oxygens (including phenoxy) is 2. The summed E-state index contributed by atoms with van der Waals surface area (Å²) < 4.78 is 52.1. The van der Waals surface area contributed by atoms with Crippen LogP contribution in [0.4, 0.5) is 13.2 Å². The molecule has 3 aliphatic carbocycles. The first-order chi connectivity index (χ1) is 17.4. The van der Waals surface area contributed by atoms with E-state index in [2.05, 4.69) is 4.98 Å². The van der Waals surface area contributed by atoms with Crippen molar-refractivity contribution < 1.29 is 27.4 Å². The van der Waals surface area contributed by atoms with E-state index in [0.717, 1.165) is 34.2 Å². The molecule has 1 unspecified atom stereocenters. The standard InChI is InChI=1S/C29H26F3NO3/c1-2-35-28(34)27-22-12-17-13-25(33-14-23(17)26(22)27)36-15-16-6-5-8-19-18(16)10-11-20(19)21-7-3-4-9-24(21)29(30,31)32/h3-9,13-14,20,22,26-27H,2,10-12,15H2,1H3/t20?,22-,26-,27+/m1/s1. The zero-order valence-electron chi connectivity index (χ0n) is 19.8. The Morgan fingerprint density at radius 3 is 2.69 bits per heavy atom. The number of carbonyl (C=O) groups is 1. The van der Waals surface area contributed by atoms with Crippen molar-refractivity contribution in [1.29, 1.82) is 0 Å². The molecule has 4 atom stereocenters. The van der Waals surface area contributed by atoms with Crippen LogP contribution in [-0.2, 0) is 35.2 Å². The molecule has 0 saturated heterocycles.